The molecular formula is C40H62N6O8S. The summed E-state index contributed by atoms with van der Waals surface area (Å²) >= 11 is 1.17. The number of carbonyl (C=O) groups excluding carboxylic acids is 5. The highest BCUT2D eigenvalue weighted by Gasteiger charge is 2.37. The molecule has 1 aliphatic rings. The standard InChI is InChI=1S/C40H62N6O8S/c1-10-24(5)35(44-37(50)31-14-12-13-17-45(31)8)39(51)46(9)32(23(3)4)21-34(54-26(7)47)38-43-30(22-55-38)36(49)42-28(18-25(6)40(52)53-11-2)19-27-15-16-33(48)29(41)20-27/h15-16,20,22-25,28,31-32,34-35,48H,10-14,17-19,21,41H2,1-9H3,(H,42,49)(H,44,50)/t24-,25?,28+,31+,32+,34+,35-/m0/s1. The molecule has 2 aromatic rings. The number of piperidine rings is 1. The molecule has 1 aromatic heterocycles. The van der Waals surface area contributed by atoms with E-state index < -0.39 is 42.0 Å². The summed E-state index contributed by atoms with van der Waals surface area (Å²) < 4.78 is 11.0. The highest BCUT2D eigenvalue weighted by molar-refractivity contribution is 7.09. The second kappa shape index (κ2) is 21.2. The number of likely N-dealkylation sites (tertiary alicyclic amines) is 1. The number of nitrogens with one attached hydrogen (secondary N) is 2. The number of rotatable bonds is 19. The van der Waals surface area contributed by atoms with E-state index in [9.17, 15) is 29.1 Å². The van der Waals surface area contributed by atoms with Gasteiger partial charge in [-0.25, -0.2) is 4.98 Å². The quantitative estimate of drug-likeness (QED) is 0.0864. The first-order valence-corrected chi connectivity index (χ1v) is 20.3. The Hall–Kier alpha value is -4.24. The molecule has 3 amide bonds. The van der Waals surface area contributed by atoms with Gasteiger partial charge in [-0.1, -0.05) is 53.5 Å². The van der Waals surface area contributed by atoms with E-state index in [4.69, 9.17) is 15.2 Å². The van der Waals surface area contributed by atoms with Crippen LogP contribution in [0.5, 0.6) is 5.75 Å². The van der Waals surface area contributed by atoms with Gasteiger partial charge in [0, 0.05) is 37.9 Å². The molecule has 1 aromatic carbocycles. The van der Waals surface area contributed by atoms with Crippen LogP contribution in [0.15, 0.2) is 23.6 Å². The molecule has 1 aliphatic heterocycles. The van der Waals surface area contributed by atoms with Gasteiger partial charge in [-0.3, -0.25) is 28.9 Å². The van der Waals surface area contributed by atoms with Crippen molar-refractivity contribution in [2.24, 2.45) is 17.8 Å². The van der Waals surface area contributed by atoms with Gasteiger partial charge < -0.3 is 35.8 Å². The number of carbonyl (C=O) groups is 5. The number of phenolic OH excluding ortho intramolecular Hbond substituents is 1. The zero-order valence-corrected chi connectivity index (χ0v) is 34.7. The van der Waals surface area contributed by atoms with E-state index >= 15 is 0 Å². The molecule has 5 N–H and O–H groups in total. The summed E-state index contributed by atoms with van der Waals surface area (Å²) in [6.45, 7) is 13.7. The fourth-order valence-electron chi connectivity index (χ4n) is 7.03. The van der Waals surface area contributed by atoms with Crippen LogP contribution in [0.25, 0.3) is 0 Å². The van der Waals surface area contributed by atoms with Gasteiger partial charge in [-0.05, 0) is 75.7 Å². The minimum atomic E-state index is -0.862. The van der Waals surface area contributed by atoms with Crippen LogP contribution in [-0.4, -0.2) is 101 Å². The third-order valence-corrected chi connectivity index (χ3v) is 11.4. The summed E-state index contributed by atoms with van der Waals surface area (Å²) in [5.74, 6) is -2.54. The Morgan fingerprint density at radius 3 is 2.40 bits per heavy atom. The number of aromatic nitrogens is 1. The maximum Gasteiger partial charge on any atom is 0.308 e. The molecule has 0 radical (unpaired) electrons. The highest BCUT2D eigenvalue weighted by atomic mass is 32.1. The number of amides is 3. The average molecular weight is 787 g/mol. The van der Waals surface area contributed by atoms with Crippen LogP contribution in [0.3, 0.4) is 0 Å². The molecule has 1 fully saturated rings. The van der Waals surface area contributed by atoms with E-state index in [-0.39, 0.29) is 72.2 Å². The van der Waals surface area contributed by atoms with Gasteiger partial charge >= 0.3 is 11.9 Å². The molecule has 1 saturated heterocycles. The number of nitrogens with zero attached hydrogens (tertiary/aromatic N) is 3. The second-order valence-corrected chi connectivity index (χ2v) is 16.1. The number of aromatic hydroxyl groups is 1. The SMILES string of the molecule is CCOC(=O)C(C)C[C@H](Cc1ccc(O)c(N)c1)NC(=O)c1csc([C@@H](C[C@H](C(C)C)N(C)C(=O)[C@@H](NC(=O)[C@H]2CCCCN2C)[C@@H](C)CC)OC(C)=O)n1. The average Bonchev–Trinajstić information content (AvgIpc) is 3.63. The summed E-state index contributed by atoms with van der Waals surface area (Å²) in [6, 6.07) is 2.84. The number of hydrogen-bond donors (Lipinski definition) is 4. The fourth-order valence-corrected chi connectivity index (χ4v) is 7.87. The van der Waals surface area contributed by atoms with Gasteiger partial charge in [-0.2, -0.15) is 0 Å². The van der Waals surface area contributed by atoms with E-state index in [1.54, 1.807) is 43.3 Å². The normalized spacial score (nSPS) is 18.0. The number of hydrogen-bond acceptors (Lipinski definition) is 12. The van der Waals surface area contributed by atoms with Crippen molar-refractivity contribution in [1.29, 1.82) is 0 Å². The van der Waals surface area contributed by atoms with Crippen LogP contribution in [0.4, 0.5) is 5.69 Å². The molecule has 0 spiro atoms. The summed E-state index contributed by atoms with van der Waals surface area (Å²) in [5.41, 5.74) is 6.97. The van der Waals surface area contributed by atoms with Crippen molar-refractivity contribution in [1.82, 2.24) is 25.4 Å². The predicted octanol–water partition coefficient (Wildman–Crippen LogP) is 4.85. The number of thiazole rings is 1. The molecule has 1 unspecified atom stereocenters. The third kappa shape index (κ3) is 12.9. The Morgan fingerprint density at radius 1 is 1.09 bits per heavy atom. The monoisotopic (exact) mass is 786 g/mol. The smallest absolute Gasteiger partial charge is 0.308 e. The van der Waals surface area contributed by atoms with Gasteiger partial charge in [0.05, 0.1) is 24.3 Å². The molecule has 55 heavy (non-hydrogen) atoms. The summed E-state index contributed by atoms with van der Waals surface area (Å²) in [4.78, 5) is 74.5. The van der Waals surface area contributed by atoms with Crippen molar-refractivity contribution in [2.45, 2.75) is 124 Å². The lowest BCUT2D eigenvalue weighted by Crippen LogP contribution is -2.58. The van der Waals surface area contributed by atoms with E-state index in [0.29, 0.717) is 17.8 Å². The first-order valence-electron chi connectivity index (χ1n) is 19.4. The van der Waals surface area contributed by atoms with E-state index in [0.717, 1.165) is 31.4 Å². The molecule has 14 nitrogen and oxygen atoms in total. The molecule has 2 heterocycles. The van der Waals surface area contributed by atoms with Crippen LogP contribution in [0.1, 0.15) is 114 Å². The molecule has 3 rings (SSSR count). The van der Waals surface area contributed by atoms with Crippen molar-refractivity contribution in [3.63, 3.8) is 0 Å². The number of likely N-dealkylation sites (N-methyl/N-ethyl adjacent to an activating group) is 2. The number of esters is 2. The maximum atomic E-state index is 14.2. The zero-order valence-electron chi connectivity index (χ0n) is 33.9. The van der Waals surface area contributed by atoms with Crippen molar-refractivity contribution < 1.29 is 38.6 Å². The Kier molecular flexibility index (Phi) is 17.4. The van der Waals surface area contributed by atoms with Crippen molar-refractivity contribution in [3.8, 4) is 5.75 Å². The molecule has 15 heteroatoms. The van der Waals surface area contributed by atoms with Gasteiger partial charge in [0.15, 0.2) is 6.10 Å². The van der Waals surface area contributed by atoms with Crippen LogP contribution in [0.2, 0.25) is 0 Å². The van der Waals surface area contributed by atoms with Gasteiger partial charge in [0.1, 0.15) is 22.5 Å². The Labute approximate surface area is 329 Å². The number of benzene rings is 1. The predicted molar refractivity (Wildman–Crippen MR) is 212 cm³/mol. The number of anilines is 1. The van der Waals surface area contributed by atoms with Crippen LogP contribution >= 0.6 is 11.3 Å². The van der Waals surface area contributed by atoms with Gasteiger partial charge in [0.25, 0.3) is 5.91 Å². The third-order valence-electron chi connectivity index (χ3n) is 10.5. The number of phenols is 1. The first-order chi connectivity index (χ1) is 26.0. The molecule has 306 valence electrons. The Bertz CT molecular complexity index is 1620. The first kappa shape index (κ1) is 45.2. The lowest BCUT2D eigenvalue weighted by atomic mass is 9.92. The van der Waals surface area contributed by atoms with Gasteiger partial charge in [0.2, 0.25) is 11.8 Å². The number of ether oxygens (including phenoxy) is 2. The fraction of sp³-hybridized carbons (Fsp3) is 0.650. The van der Waals surface area contributed by atoms with Crippen molar-refractivity contribution >= 4 is 46.7 Å². The topological polar surface area (TPSA) is 193 Å². The Balaban J connectivity index is 1.83. The number of nitrogen functional groups attached to an aromatic ring is 1. The summed E-state index contributed by atoms with van der Waals surface area (Å²) in [5, 5.41) is 18.0. The van der Waals surface area contributed by atoms with Crippen LogP contribution in [0, 0.1) is 17.8 Å². The van der Waals surface area contributed by atoms with Crippen molar-refractivity contribution in [3.05, 3.63) is 39.8 Å². The molecular weight excluding hydrogens is 725 g/mol. The number of nitrogens with two attached hydrogens (primary N) is 1. The summed E-state index contributed by atoms with van der Waals surface area (Å²) in [7, 11) is 3.65. The second-order valence-electron chi connectivity index (χ2n) is 15.2. The lowest BCUT2D eigenvalue weighted by molar-refractivity contribution is -0.149. The summed E-state index contributed by atoms with van der Waals surface area (Å²) in [6.07, 6.45) is 3.36. The van der Waals surface area contributed by atoms with E-state index in [2.05, 4.69) is 15.6 Å². The molecule has 0 saturated carbocycles. The van der Waals surface area contributed by atoms with E-state index in [1.165, 1.54) is 24.3 Å². The molecule has 0 aliphatic carbocycles. The Morgan fingerprint density at radius 2 is 1.80 bits per heavy atom. The minimum absolute atomic E-state index is 0.0541. The van der Waals surface area contributed by atoms with Crippen LogP contribution < -0.4 is 16.4 Å². The molecule has 0 bridgehead atoms. The lowest BCUT2D eigenvalue weighted by Gasteiger charge is -2.38. The van der Waals surface area contributed by atoms with E-state index in [1.807, 2.05) is 39.6 Å². The molecule has 7 atom stereocenters. The minimum Gasteiger partial charge on any atom is -0.506 e. The zero-order chi connectivity index (χ0) is 41.0. The maximum absolute atomic E-state index is 14.2. The highest BCUT2D eigenvalue weighted by Crippen LogP contribution is 2.31. The van der Waals surface area contributed by atoms with Crippen molar-refractivity contribution in [2.75, 3.05) is 33.0 Å². The van der Waals surface area contributed by atoms with Gasteiger partial charge in [-0.15, -0.1) is 11.3 Å². The largest absolute Gasteiger partial charge is 0.506 e. The van der Waals surface area contributed by atoms with Crippen LogP contribution in [-0.2, 0) is 35.1 Å².